The minimum absolute atomic E-state index is 0.247. The van der Waals surface area contributed by atoms with Crippen molar-refractivity contribution in [2.24, 2.45) is 0 Å². The molecule has 0 spiro atoms. The van der Waals surface area contributed by atoms with Crippen LogP contribution in [0.4, 0.5) is 11.4 Å². The topological polar surface area (TPSA) is 93.2 Å². The van der Waals surface area contributed by atoms with Crippen molar-refractivity contribution < 1.29 is 23.8 Å². The first-order chi connectivity index (χ1) is 18.1. The van der Waals surface area contributed by atoms with Gasteiger partial charge in [-0.25, -0.2) is 4.79 Å². The molecule has 1 aliphatic heterocycles. The molecule has 0 atom stereocenters. The fourth-order valence-electron chi connectivity index (χ4n) is 4.16. The summed E-state index contributed by atoms with van der Waals surface area (Å²) in [4.78, 5) is 34.0. The molecule has 0 aliphatic carbocycles. The molecular weight excluding hydrogens is 472 g/mol. The molecule has 0 saturated carbocycles. The van der Waals surface area contributed by atoms with E-state index < -0.39 is 11.9 Å². The number of benzene rings is 2. The molecular formula is C28H32N4O5. The number of para-hydroxylation sites is 2. The van der Waals surface area contributed by atoms with Gasteiger partial charge in [-0.15, -0.1) is 0 Å². The van der Waals surface area contributed by atoms with Gasteiger partial charge in [-0.05, 0) is 31.2 Å². The van der Waals surface area contributed by atoms with Crippen LogP contribution in [-0.4, -0.2) is 68.3 Å². The van der Waals surface area contributed by atoms with E-state index in [1.807, 2.05) is 12.1 Å². The number of nitrogens with one attached hydrogen (secondary N) is 1. The molecule has 9 nitrogen and oxygen atoms in total. The van der Waals surface area contributed by atoms with Crippen LogP contribution in [0.2, 0.25) is 0 Å². The summed E-state index contributed by atoms with van der Waals surface area (Å²) in [5.74, 6) is -0.0276. The number of anilines is 2. The Morgan fingerprint density at radius 2 is 1.70 bits per heavy atom. The Labute approximate surface area is 217 Å². The molecule has 194 valence electrons. The van der Waals surface area contributed by atoms with Crippen LogP contribution in [0.5, 0.6) is 11.5 Å². The number of hydrogen-bond acceptors (Lipinski definition) is 8. The summed E-state index contributed by atoms with van der Waals surface area (Å²) in [6, 6.07) is 18.9. The number of aromatic nitrogens is 1. The minimum atomic E-state index is -0.496. The third-order valence-corrected chi connectivity index (χ3v) is 6.04. The van der Waals surface area contributed by atoms with Gasteiger partial charge in [0.05, 0.1) is 36.9 Å². The number of pyridine rings is 1. The van der Waals surface area contributed by atoms with Gasteiger partial charge in [0, 0.05) is 44.5 Å². The van der Waals surface area contributed by atoms with Crippen molar-refractivity contribution in [3.8, 4) is 11.5 Å². The van der Waals surface area contributed by atoms with E-state index in [1.54, 1.807) is 37.4 Å². The normalized spacial score (nSPS) is 13.6. The molecule has 1 saturated heterocycles. The number of piperazine rings is 1. The van der Waals surface area contributed by atoms with Gasteiger partial charge in [0.25, 0.3) is 5.91 Å². The quantitative estimate of drug-likeness (QED) is 0.419. The molecule has 1 aromatic heterocycles. The van der Waals surface area contributed by atoms with Crippen molar-refractivity contribution in [3.63, 3.8) is 0 Å². The predicted molar refractivity (Wildman–Crippen MR) is 141 cm³/mol. The summed E-state index contributed by atoms with van der Waals surface area (Å²) in [5.41, 5.74) is 2.72. The Hall–Kier alpha value is -4.11. The monoisotopic (exact) mass is 504 g/mol. The van der Waals surface area contributed by atoms with Crippen LogP contribution < -0.4 is 19.7 Å². The highest BCUT2D eigenvalue weighted by Crippen LogP contribution is 2.27. The second-order valence-corrected chi connectivity index (χ2v) is 8.53. The molecule has 1 aliphatic rings. The summed E-state index contributed by atoms with van der Waals surface area (Å²) in [6.07, 6.45) is 1.61. The Morgan fingerprint density at radius 1 is 0.973 bits per heavy atom. The fourth-order valence-corrected chi connectivity index (χ4v) is 4.16. The summed E-state index contributed by atoms with van der Waals surface area (Å²) >= 11 is 0. The number of nitrogens with zero attached hydrogens (tertiary/aromatic N) is 3. The zero-order valence-electron chi connectivity index (χ0n) is 21.2. The average Bonchev–Trinajstić information content (AvgIpc) is 2.93. The first-order valence-corrected chi connectivity index (χ1v) is 12.3. The second-order valence-electron chi connectivity index (χ2n) is 8.53. The van der Waals surface area contributed by atoms with Crippen LogP contribution in [0.1, 0.15) is 23.0 Å². The van der Waals surface area contributed by atoms with E-state index in [0.29, 0.717) is 23.7 Å². The summed E-state index contributed by atoms with van der Waals surface area (Å²) in [7, 11) is 1.53. The number of methoxy groups -OCH3 is 1. The minimum Gasteiger partial charge on any atom is -0.491 e. The Bertz CT molecular complexity index is 1200. The zero-order valence-corrected chi connectivity index (χ0v) is 21.2. The number of ether oxygens (including phenoxy) is 3. The van der Waals surface area contributed by atoms with E-state index in [0.717, 1.165) is 31.9 Å². The van der Waals surface area contributed by atoms with Gasteiger partial charge >= 0.3 is 5.97 Å². The summed E-state index contributed by atoms with van der Waals surface area (Å²) < 4.78 is 16.2. The maximum atomic E-state index is 12.6. The first kappa shape index (κ1) is 26.0. The molecule has 9 heteroatoms. The molecule has 2 heterocycles. The Balaban J connectivity index is 1.34. The zero-order chi connectivity index (χ0) is 26.0. The van der Waals surface area contributed by atoms with E-state index in [1.165, 1.54) is 12.8 Å². The van der Waals surface area contributed by atoms with Gasteiger partial charge in [0.2, 0.25) is 0 Å². The standard InChI is InChI=1S/C28H32N4O5/c1-3-36-28(34)23-11-7-8-12-24(23)30-27(33)20-37-25-17-21(29-18-26(25)35-2)19-31-13-15-32(16-14-31)22-9-5-4-6-10-22/h4-12,17-18H,3,13-16,19-20H2,1-2H3,(H,30,33). The van der Waals surface area contributed by atoms with E-state index in [9.17, 15) is 9.59 Å². The molecule has 37 heavy (non-hydrogen) atoms. The number of carbonyl (C=O) groups excluding carboxylic acids is 2. The van der Waals surface area contributed by atoms with E-state index in [-0.39, 0.29) is 18.8 Å². The molecule has 1 amide bonds. The van der Waals surface area contributed by atoms with Gasteiger partial charge < -0.3 is 24.4 Å². The molecule has 4 rings (SSSR count). The third-order valence-electron chi connectivity index (χ3n) is 6.04. The van der Waals surface area contributed by atoms with Crippen molar-refractivity contribution in [3.05, 3.63) is 78.1 Å². The van der Waals surface area contributed by atoms with Gasteiger partial charge in [0.15, 0.2) is 18.1 Å². The summed E-state index contributed by atoms with van der Waals surface area (Å²) in [5, 5.41) is 2.72. The van der Waals surface area contributed by atoms with Crippen molar-refractivity contribution in [1.29, 1.82) is 0 Å². The molecule has 1 N–H and O–H groups in total. The number of esters is 1. The lowest BCUT2D eigenvalue weighted by molar-refractivity contribution is -0.118. The second kappa shape index (κ2) is 12.7. The van der Waals surface area contributed by atoms with Crippen LogP contribution >= 0.6 is 0 Å². The van der Waals surface area contributed by atoms with Gasteiger partial charge in [-0.1, -0.05) is 30.3 Å². The van der Waals surface area contributed by atoms with Crippen LogP contribution in [0, 0.1) is 0 Å². The van der Waals surface area contributed by atoms with Crippen molar-refractivity contribution in [1.82, 2.24) is 9.88 Å². The lowest BCUT2D eigenvalue weighted by atomic mass is 10.2. The molecule has 1 fully saturated rings. The number of carbonyl (C=O) groups is 2. The molecule has 0 radical (unpaired) electrons. The van der Waals surface area contributed by atoms with Crippen molar-refractivity contribution in [2.45, 2.75) is 13.5 Å². The van der Waals surface area contributed by atoms with Gasteiger partial charge in [-0.2, -0.15) is 0 Å². The van der Waals surface area contributed by atoms with Crippen LogP contribution in [-0.2, 0) is 16.1 Å². The highest BCUT2D eigenvalue weighted by atomic mass is 16.5. The molecule has 0 unspecified atom stereocenters. The van der Waals surface area contributed by atoms with Crippen LogP contribution in [0.3, 0.4) is 0 Å². The fraction of sp³-hybridized carbons (Fsp3) is 0.321. The maximum absolute atomic E-state index is 12.6. The highest BCUT2D eigenvalue weighted by Gasteiger charge is 2.19. The largest absolute Gasteiger partial charge is 0.491 e. The molecule has 0 bridgehead atoms. The molecule has 2 aromatic carbocycles. The first-order valence-electron chi connectivity index (χ1n) is 12.3. The van der Waals surface area contributed by atoms with E-state index in [2.05, 4.69) is 44.4 Å². The van der Waals surface area contributed by atoms with Crippen molar-refractivity contribution in [2.75, 3.05) is 56.7 Å². The van der Waals surface area contributed by atoms with Crippen LogP contribution in [0.15, 0.2) is 66.9 Å². The lowest BCUT2D eigenvalue weighted by Crippen LogP contribution is -2.46. The lowest BCUT2D eigenvalue weighted by Gasteiger charge is -2.36. The van der Waals surface area contributed by atoms with Crippen LogP contribution in [0.25, 0.3) is 0 Å². The van der Waals surface area contributed by atoms with Gasteiger partial charge in [-0.3, -0.25) is 14.7 Å². The van der Waals surface area contributed by atoms with Crippen molar-refractivity contribution >= 4 is 23.3 Å². The maximum Gasteiger partial charge on any atom is 0.340 e. The number of rotatable bonds is 10. The van der Waals surface area contributed by atoms with E-state index >= 15 is 0 Å². The third kappa shape index (κ3) is 6.98. The number of amides is 1. The Kier molecular flexibility index (Phi) is 8.93. The van der Waals surface area contributed by atoms with E-state index in [4.69, 9.17) is 14.2 Å². The highest BCUT2D eigenvalue weighted by molar-refractivity contribution is 6.01. The summed E-state index contributed by atoms with van der Waals surface area (Å²) in [6.45, 7) is 6.11. The predicted octanol–water partition coefficient (Wildman–Crippen LogP) is 3.61. The molecule has 3 aromatic rings. The SMILES string of the molecule is CCOC(=O)c1ccccc1NC(=O)COc1cc(CN2CCN(c3ccccc3)CC2)ncc1OC. The number of hydrogen-bond donors (Lipinski definition) is 1. The van der Waals surface area contributed by atoms with Gasteiger partial charge in [0.1, 0.15) is 0 Å². The average molecular weight is 505 g/mol. The smallest absolute Gasteiger partial charge is 0.340 e. The Morgan fingerprint density at radius 3 is 2.43 bits per heavy atom.